The first kappa shape index (κ1) is 22.0. The number of hydrogen-bond donors (Lipinski definition) is 1. The summed E-state index contributed by atoms with van der Waals surface area (Å²) < 4.78 is 5.33. The molecule has 32 heavy (non-hydrogen) atoms. The molecule has 8 nitrogen and oxygen atoms in total. The lowest BCUT2D eigenvalue weighted by atomic mass is 9.69. The van der Waals surface area contributed by atoms with E-state index in [2.05, 4.69) is 22.2 Å². The smallest absolute Gasteiger partial charge is 0.255 e. The van der Waals surface area contributed by atoms with E-state index in [0.29, 0.717) is 31.0 Å². The van der Waals surface area contributed by atoms with Crippen molar-refractivity contribution < 1.29 is 14.3 Å². The molecule has 0 spiro atoms. The first-order valence-electron chi connectivity index (χ1n) is 11.1. The predicted octanol–water partition coefficient (Wildman–Crippen LogP) is 2.96. The topological polar surface area (TPSA) is 87.7 Å². The van der Waals surface area contributed by atoms with Crippen LogP contribution in [-0.4, -0.2) is 64.9 Å². The second-order valence-corrected chi connectivity index (χ2v) is 9.00. The fraction of sp³-hybridized carbons (Fsp3) is 0.500. The van der Waals surface area contributed by atoms with Crippen molar-refractivity contribution in [2.75, 3.05) is 32.6 Å². The highest BCUT2D eigenvalue weighted by Gasteiger charge is 2.43. The maximum absolute atomic E-state index is 13.0. The number of pyridine rings is 2. The van der Waals surface area contributed by atoms with Gasteiger partial charge in [0.05, 0.1) is 18.7 Å². The zero-order chi connectivity index (χ0) is 22.7. The van der Waals surface area contributed by atoms with Gasteiger partial charge in [0.1, 0.15) is 11.6 Å². The molecule has 0 aromatic carbocycles. The van der Waals surface area contributed by atoms with E-state index < -0.39 is 0 Å². The van der Waals surface area contributed by atoms with Gasteiger partial charge >= 0.3 is 0 Å². The second kappa shape index (κ2) is 9.14. The third-order valence-corrected chi connectivity index (χ3v) is 6.84. The summed E-state index contributed by atoms with van der Waals surface area (Å²) in [5, 5.41) is 3.23. The van der Waals surface area contributed by atoms with Gasteiger partial charge in [-0.05, 0) is 37.5 Å². The summed E-state index contributed by atoms with van der Waals surface area (Å²) in [6.07, 6.45) is 8.90. The van der Waals surface area contributed by atoms with Crippen molar-refractivity contribution in [1.29, 1.82) is 0 Å². The van der Waals surface area contributed by atoms with Gasteiger partial charge in [-0.15, -0.1) is 0 Å². The van der Waals surface area contributed by atoms with Crippen molar-refractivity contribution >= 4 is 17.6 Å². The van der Waals surface area contributed by atoms with Crippen LogP contribution in [0.4, 0.5) is 5.82 Å². The van der Waals surface area contributed by atoms with Crippen LogP contribution in [0.5, 0.6) is 5.75 Å². The Morgan fingerprint density at radius 2 is 2.09 bits per heavy atom. The molecule has 2 aromatic heterocycles. The fourth-order valence-corrected chi connectivity index (χ4v) is 4.49. The third kappa shape index (κ3) is 4.40. The van der Waals surface area contributed by atoms with Crippen LogP contribution in [0.2, 0.25) is 0 Å². The second-order valence-electron chi connectivity index (χ2n) is 9.00. The van der Waals surface area contributed by atoms with Crippen LogP contribution in [0.25, 0.3) is 0 Å². The van der Waals surface area contributed by atoms with Gasteiger partial charge in [-0.3, -0.25) is 14.6 Å². The first-order valence-corrected chi connectivity index (χ1v) is 11.1. The largest absolute Gasteiger partial charge is 0.496 e. The van der Waals surface area contributed by atoms with Gasteiger partial charge < -0.3 is 19.9 Å². The van der Waals surface area contributed by atoms with Gasteiger partial charge in [-0.1, -0.05) is 13.3 Å². The van der Waals surface area contributed by atoms with Crippen LogP contribution in [-0.2, 0) is 11.3 Å². The maximum atomic E-state index is 13.0. The Morgan fingerprint density at radius 1 is 1.28 bits per heavy atom. The van der Waals surface area contributed by atoms with E-state index in [4.69, 9.17) is 4.74 Å². The van der Waals surface area contributed by atoms with Gasteiger partial charge in [0, 0.05) is 56.3 Å². The van der Waals surface area contributed by atoms with E-state index in [1.165, 1.54) is 0 Å². The Morgan fingerprint density at radius 3 is 2.75 bits per heavy atom. The first-order chi connectivity index (χ1) is 15.4. The number of nitrogens with one attached hydrogen (secondary N) is 1. The van der Waals surface area contributed by atoms with Crippen LogP contribution in [0.3, 0.4) is 0 Å². The summed E-state index contributed by atoms with van der Waals surface area (Å²) in [7, 11) is 3.51. The molecule has 4 rings (SSSR count). The summed E-state index contributed by atoms with van der Waals surface area (Å²) in [6, 6.07) is 5.48. The van der Waals surface area contributed by atoms with Crippen LogP contribution >= 0.6 is 0 Å². The van der Waals surface area contributed by atoms with Gasteiger partial charge in [0.15, 0.2) is 0 Å². The van der Waals surface area contributed by atoms with Crippen molar-refractivity contribution in [3.8, 4) is 5.75 Å². The van der Waals surface area contributed by atoms with Crippen LogP contribution < -0.4 is 10.1 Å². The molecule has 1 saturated carbocycles. The molecular weight excluding hydrogens is 406 g/mol. The van der Waals surface area contributed by atoms with Gasteiger partial charge in [-0.25, -0.2) is 4.98 Å². The molecule has 0 bridgehead atoms. The van der Waals surface area contributed by atoms with Crippen LogP contribution in [0.1, 0.15) is 48.5 Å². The minimum absolute atomic E-state index is 0.0452. The molecule has 2 fully saturated rings. The Hall–Kier alpha value is -3.16. The minimum Gasteiger partial charge on any atom is -0.496 e. The van der Waals surface area contributed by atoms with E-state index in [0.717, 1.165) is 37.0 Å². The molecule has 1 N–H and O–H groups in total. The van der Waals surface area contributed by atoms with Gasteiger partial charge in [0.2, 0.25) is 5.91 Å². The molecule has 1 aliphatic heterocycles. The molecule has 1 atom stereocenters. The van der Waals surface area contributed by atoms with Crippen LogP contribution in [0, 0.1) is 5.41 Å². The number of aromatic nitrogens is 2. The number of likely N-dealkylation sites (N-methyl/N-ethyl adjacent to an activating group) is 1. The number of carbonyl (C=O) groups is 2. The minimum atomic E-state index is -0.210. The van der Waals surface area contributed by atoms with Gasteiger partial charge in [0.25, 0.3) is 5.91 Å². The normalized spacial score (nSPS) is 19.2. The Kier molecular flexibility index (Phi) is 6.30. The van der Waals surface area contributed by atoms with Crippen molar-refractivity contribution in [2.45, 2.75) is 45.2 Å². The fourth-order valence-electron chi connectivity index (χ4n) is 4.49. The molecule has 1 saturated heterocycles. The number of nitrogens with zero attached hydrogens (tertiary/aromatic N) is 4. The summed E-state index contributed by atoms with van der Waals surface area (Å²) in [6.45, 7) is 3.79. The monoisotopic (exact) mass is 437 g/mol. The van der Waals surface area contributed by atoms with Gasteiger partial charge in [-0.2, -0.15) is 0 Å². The molecule has 2 aliphatic rings. The highest BCUT2D eigenvalue weighted by molar-refractivity contribution is 5.94. The van der Waals surface area contributed by atoms with E-state index in [9.17, 15) is 9.59 Å². The molecule has 0 unspecified atom stereocenters. The number of ether oxygens (including phenoxy) is 1. The molecule has 2 aromatic rings. The molecule has 2 amide bonds. The zero-order valence-electron chi connectivity index (χ0n) is 19.0. The average molecular weight is 438 g/mol. The summed E-state index contributed by atoms with van der Waals surface area (Å²) in [5.41, 5.74) is 1.27. The molecule has 1 aliphatic carbocycles. The number of methoxy groups -OCH3 is 1. The Balaban J connectivity index is 1.32. The molecule has 8 heteroatoms. The quantitative estimate of drug-likeness (QED) is 0.717. The number of rotatable bonds is 7. The number of hydrogen-bond acceptors (Lipinski definition) is 6. The lowest BCUT2D eigenvalue weighted by Gasteiger charge is -2.41. The van der Waals surface area contributed by atoms with E-state index in [1.54, 1.807) is 37.8 Å². The summed E-state index contributed by atoms with van der Waals surface area (Å²) >= 11 is 0. The lowest BCUT2D eigenvalue weighted by molar-refractivity contribution is -0.146. The average Bonchev–Trinajstić information content (AvgIpc) is 3.30. The maximum Gasteiger partial charge on any atom is 0.255 e. The highest BCUT2D eigenvalue weighted by Crippen LogP contribution is 2.42. The summed E-state index contributed by atoms with van der Waals surface area (Å²) in [5.74, 6) is 1.60. The van der Waals surface area contributed by atoms with E-state index >= 15 is 0 Å². The number of amides is 2. The van der Waals surface area contributed by atoms with Crippen molar-refractivity contribution in [3.05, 3.63) is 47.9 Å². The van der Waals surface area contributed by atoms with Crippen molar-refractivity contribution in [1.82, 2.24) is 19.8 Å². The molecule has 170 valence electrons. The Bertz CT molecular complexity index is 974. The SMILES string of the molecule is COc1ccncc1CNc1ccc(C(=O)N2CC[C@H](N(C)C(=O)C3(C)CCC3)C2)cn1. The molecule has 0 radical (unpaired) electrons. The lowest BCUT2D eigenvalue weighted by Crippen LogP contribution is -2.49. The molecule has 3 heterocycles. The predicted molar refractivity (Wildman–Crippen MR) is 121 cm³/mol. The van der Waals surface area contributed by atoms with Crippen LogP contribution in [0.15, 0.2) is 36.8 Å². The van der Waals surface area contributed by atoms with E-state index in [1.807, 2.05) is 22.9 Å². The Labute approximate surface area is 189 Å². The standard InChI is InChI=1S/C24H31N5O3/c1-24(9-4-10-24)23(31)28(2)19-8-12-29(16-19)22(30)17-5-6-21(26-14-17)27-15-18-13-25-11-7-20(18)32-3/h5-7,11,13-14,19H,4,8-10,12,15-16H2,1-3H3,(H,26,27)/t19-/m0/s1. The molecular formula is C24H31N5O3. The highest BCUT2D eigenvalue weighted by atomic mass is 16.5. The third-order valence-electron chi connectivity index (χ3n) is 6.84. The summed E-state index contributed by atoms with van der Waals surface area (Å²) in [4.78, 5) is 38.0. The zero-order valence-corrected chi connectivity index (χ0v) is 19.0. The number of anilines is 1. The number of carbonyl (C=O) groups excluding carboxylic acids is 2. The van der Waals surface area contributed by atoms with Crippen molar-refractivity contribution in [3.63, 3.8) is 0 Å². The number of likely N-dealkylation sites (tertiary alicyclic amines) is 1. The van der Waals surface area contributed by atoms with E-state index in [-0.39, 0.29) is 23.3 Å². The van der Waals surface area contributed by atoms with Crippen molar-refractivity contribution in [2.24, 2.45) is 5.41 Å².